The number of carbonyl (C=O) groups is 1. The highest BCUT2D eigenvalue weighted by Crippen LogP contribution is 2.00. The number of hydrogen-bond donors (Lipinski definition) is 0. The molecule has 1 aromatic heterocycles. The van der Waals surface area contributed by atoms with Gasteiger partial charge in [-0.3, -0.25) is 4.79 Å². The zero-order valence-corrected chi connectivity index (χ0v) is 8.17. The molecule has 0 saturated heterocycles. The highest BCUT2D eigenvalue weighted by molar-refractivity contribution is 8.13. The lowest BCUT2D eigenvalue weighted by Gasteiger charge is -1.83. The molecule has 1 rings (SSSR count). The number of carbonyl (C=O) groups excluding carboxylic acids is 1. The molecule has 1 heterocycles. The smallest absolute Gasteiger partial charge is 0.186 e. The zero-order chi connectivity index (χ0) is 8.81. The third kappa shape index (κ3) is 3.56. The zero-order valence-electron chi connectivity index (χ0n) is 6.53. The maximum Gasteiger partial charge on any atom is 0.186 e. The molecule has 62 valence electrons. The largest absolute Gasteiger partial charge is 0.288 e. The van der Waals surface area contributed by atoms with Crippen molar-refractivity contribution in [1.82, 2.24) is 4.98 Å². The van der Waals surface area contributed by atoms with Gasteiger partial charge in [-0.2, -0.15) is 0 Å². The van der Waals surface area contributed by atoms with Crippen LogP contribution in [0.2, 0.25) is 0 Å². The summed E-state index contributed by atoms with van der Waals surface area (Å²) >= 11 is 2.73. The number of aromatic nitrogens is 1. The molecule has 12 heavy (non-hydrogen) atoms. The van der Waals surface area contributed by atoms with E-state index < -0.39 is 0 Å². The summed E-state index contributed by atoms with van der Waals surface area (Å²) in [6.45, 7) is 1.54. The fourth-order valence-electron chi connectivity index (χ4n) is 0.539. The van der Waals surface area contributed by atoms with Gasteiger partial charge in [0.2, 0.25) is 0 Å². The molecule has 0 aromatic carbocycles. The van der Waals surface area contributed by atoms with Crippen LogP contribution in [0.25, 0.3) is 0 Å². The molecule has 0 fully saturated rings. The molecule has 0 aliphatic carbocycles. The third-order valence-electron chi connectivity index (χ3n) is 0.996. The number of hydrogen-bond acceptors (Lipinski definition) is 4. The van der Waals surface area contributed by atoms with Gasteiger partial charge in [0, 0.05) is 12.3 Å². The maximum absolute atomic E-state index is 10.5. The fourth-order valence-corrected chi connectivity index (χ4v) is 1.37. The standard InChI is InChI=1S/C8H7NOS2/c1-7(10)12-4-2-3-8-5-11-6-9-8/h5-6H,4H2,1H3. The van der Waals surface area contributed by atoms with E-state index >= 15 is 0 Å². The first-order chi connectivity index (χ1) is 5.79. The minimum atomic E-state index is 0.0996. The van der Waals surface area contributed by atoms with Gasteiger partial charge in [0.1, 0.15) is 5.69 Å². The highest BCUT2D eigenvalue weighted by atomic mass is 32.2. The Morgan fingerprint density at radius 1 is 1.83 bits per heavy atom. The van der Waals surface area contributed by atoms with Gasteiger partial charge < -0.3 is 0 Å². The molecule has 0 unspecified atom stereocenters. The van der Waals surface area contributed by atoms with E-state index in [2.05, 4.69) is 16.8 Å². The van der Waals surface area contributed by atoms with Crippen LogP contribution >= 0.6 is 23.1 Å². The van der Waals surface area contributed by atoms with Gasteiger partial charge in [0.25, 0.3) is 0 Å². The topological polar surface area (TPSA) is 30.0 Å². The lowest BCUT2D eigenvalue weighted by atomic mass is 10.5. The Labute approximate surface area is 79.4 Å². The molecule has 0 N–H and O–H groups in total. The molecule has 0 bridgehead atoms. The molecule has 4 heteroatoms. The number of thioether (sulfide) groups is 1. The minimum absolute atomic E-state index is 0.0996. The van der Waals surface area contributed by atoms with E-state index in [-0.39, 0.29) is 5.12 Å². The normalized spacial score (nSPS) is 8.75. The monoisotopic (exact) mass is 197 g/mol. The minimum Gasteiger partial charge on any atom is -0.288 e. The predicted molar refractivity (Wildman–Crippen MR) is 52.1 cm³/mol. The predicted octanol–water partition coefficient (Wildman–Crippen LogP) is 1.77. The van der Waals surface area contributed by atoms with E-state index in [4.69, 9.17) is 0 Å². The molecule has 0 saturated carbocycles. The van der Waals surface area contributed by atoms with Crippen LogP contribution in [0.4, 0.5) is 0 Å². The quantitative estimate of drug-likeness (QED) is 0.643. The second-order valence-electron chi connectivity index (χ2n) is 1.96. The van der Waals surface area contributed by atoms with E-state index in [1.807, 2.05) is 5.38 Å². The van der Waals surface area contributed by atoms with Crippen LogP contribution in [0.1, 0.15) is 12.6 Å². The Kier molecular flexibility index (Phi) is 3.85. The van der Waals surface area contributed by atoms with Crippen LogP contribution in [-0.2, 0) is 4.79 Å². The van der Waals surface area contributed by atoms with E-state index in [0.29, 0.717) is 5.75 Å². The summed E-state index contributed by atoms with van der Waals surface area (Å²) in [7, 11) is 0. The second-order valence-corrected chi connectivity index (χ2v) is 3.83. The van der Waals surface area contributed by atoms with Crippen molar-refractivity contribution >= 4 is 28.2 Å². The SMILES string of the molecule is CC(=O)SCC#Cc1cscn1. The third-order valence-corrected chi connectivity index (χ3v) is 2.28. The maximum atomic E-state index is 10.5. The molecular weight excluding hydrogens is 190 g/mol. The van der Waals surface area contributed by atoms with Crippen molar-refractivity contribution in [1.29, 1.82) is 0 Å². The van der Waals surface area contributed by atoms with E-state index in [0.717, 1.165) is 5.69 Å². The summed E-state index contributed by atoms with van der Waals surface area (Å²) < 4.78 is 0. The van der Waals surface area contributed by atoms with Crippen LogP contribution in [0, 0.1) is 11.8 Å². The van der Waals surface area contributed by atoms with Crippen LogP contribution in [0.3, 0.4) is 0 Å². The summed E-state index contributed by atoms with van der Waals surface area (Å²) in [5.74, 6) is 6.26. The van der Waals surface area contributed by atoms with Crippen molar-refractivity contribution in [3.8, 4) is 11.8 Å². The molecule has 0 atom stereocenters. The van der Waals surface area contributed by atoms with Gasteiger partial charge in [-0.1, -0.05) is 17.7 Å². The molecular formula is C8H7NOS2. The number of rotatable bonds is 1. The summed E-state index contributed by atoms with van der Waals surface area (Å²) in [5.41, 5.74) is 2.52. The van der Waals surface area contributed by atoms with Crippen molar-refractivity contribution in [3.05, 3.63) is 16.6 Å². The average Bonchev–Trinajstić information content (AvgIpc) is 2.49. The number of nitrogens with zero attached hydrogens (tertiary/aromatic N) is 1. The van der Waals surface area contributed by atoms with Crippen LogP contribution in [0.15, 0.2) is 10.9 Å². The molecule has 0 radical (unpaired) electrons. The summed E-state index contributed by atoms with van der Waals surface area (Å²) in [4.78, 5) is 14.5. The van der Waals surface area contributed by atoms with Gasteiger partial charge in [0.15, 0.2) is 5.12 Å². The summed E-state index contributed by atoms with van der Waals surface area (Å²) in [6.07, 6.45) is 0. The first-order valence-electron chi connectivity index (χ1n) is 3.29. The van der Waals surface area contributed by atoms with Gasteiger partial charge in [-0.15, -0.1) is 11.3 Å². The Bertz CT molecular complexity index is 308. The van der Waals surface area contributed by atoms with Crippen molar-refractivity contribution in [2.45, 2.75) is 6.92 Å². The van der Waals surface area contributed by atoms with Gasteiger partial charge in [0.05, 0.1) is 11.3 Å². The Balaban J connectivity index is 2.35. The first-order valence-corrected chi connectivity index (χ1v) is 5.22. The Morgan fingerprint density at radius 2 is 2.67 bits per heavy atom. The molecule has 0 amide bonds. The summed E-state index contributed by atoms with van der Waals surface area (Å²) in [5, 5.41) is 1.98. The second kappa shape index (κ2) is 4.96. The highest BCUT2D eigenvalue weighted by Gasteiger charge is 1.89. The molecule has 1 aromatic rings. The van der Waals surface area contributed by atoms with Crippen LogP contribution < -0.4 is 0 Å². The Hall–Kier alpha value is -0.790. The fraction of sp³-hybridized carbons (Fsp3) is 0.250. The number of thiazole rings is 1. The van der Waals surface area contributed by atoms with Gasteiger partial charge in [-0.25, -0.2) is 4.98 Å². The van der Waals surface area contributed by atoms with Crippen LogP contribution in [-0.4, -0.2) is 15.9 Å². The molecule has 2 nitrogen and oxygen atoms in total. The van der Waals surface area contributed by atoms with Gasteiger partial charge in [-0.05, 0) is 5.92 Å². The van der Waals surface area contributed by atoms with Crippen molar-refractivity contribution in [3.63, 3.8) is 0 Å². The average molecular weight is 197 g/mol. The van der Waals surface area contributed by atoms with E-state index in [9.17, 15) is 4.79 Å². The molecule has 0 aliphatic rings. The van der Waals surface area contributed by atoms with Crippen molar-refractivity contribution in [2.24, 2.45) is 0 Å². The lowest BCUT2D eigenvalue weighted by Crippen LogP contribution is -1.82. The van der Waals surface area contributed by atoms with Crippen molar-refractivity contribution < 1.29 is 4.79 Å². The lowest BCUT2D eigenvalue weighted by molar-refractivity contribution is -0.109. The molecule has 0 aliphatic heterocycles. The Morgan fingerprint density at radius 3 is 3.25 bits per heavy atom. The van der Waals surface area contributed by atoms with E-state index in [1.165, 1.54) is 30.0 Å². The first kappa shape index (κ1) is 9.30. The van der Waals surface area contributed by atoms with Gasteiger partial charge >= 0.3 is 0 Å². The van der Waals surface area contributed by atoms with E-state index in [1.54, 1.807) is 5.51 Å². The van der Waals surface area contributed by atoms with Crippen LogP contribution in [0.5, 0.6) is 0 Å². The molecule has 0 spiro atoms. The van der Waals surface area contributed by atoms with Crippen molar-refractivity contribution in [2.75, 3.05) is 5.75 Å². The summed E-state index contributed by atoms with van der Waals surface area (Å²) in [6, 6.07) is 0.